The number of thioether (sulfide) groups is 1. The quantitative estimate of drug-likeness (QED) is 0.290. The number of hydrogen-bond donors (Lipinski definition) is 0. The van der Waals surface area contributed by atoms with Crippen molar-refractivity contribution in [3.63, 3.8) is 0 Å². The van der Waals surface area contributed by atoms with Gasteiger partial charge in [-0.2, -0.15) is 0 Å². The van der Waals surface area contributed by atoms with Gasteiger partial charge in [0, 0.05) is 32.1 Å². The number of carbonyl (C=O) groups is 2. The van der Waals surface area contributed by atoms with Crippen LogP contribution in [0.5, 0.6) is 0 Å². The Labute approximate surface area is 170 Å². The van der Waals surface area contributed by atoms with Gasteiger partial charge in [-0.3, -0.25) is 4.79 Å². The van der Waals surface area contributed by atoms with E-state index in [-0.39, 0.29) is 12.4 Å². The standard InChI is InChI=1S/C20H19NO3S3/c1-12-10-25-20(21-12)26-11-15-6-4-5-7-16(15)19(23)24-9-18(22)17-8-13(2)27-14(17)3/h4-8,10H,9,11H2,1-3H3. The number of carbonyl (C=O) groups excluding carboxylic acids is 2. The lowest BCUT2D eigenvalue weighted by atomic mass is 10.1. The van der Waals surface area contributed by atoms with Crippen LogP contribution in [0.2, 0.25) is 0 Å². The summed E-state index contributed by atoms with van der Waals surface area (Å²) in [6.07, 6.45) is 0. The monoisotopic (exact) mass is 417 g/mol. The lowest BCUT2D eigenvalue weighted by molar-refractivity contribution is 0.0474. The molecule has 2 heterocycles. The van der Waals surface area contributed by atoms with E-state index in [0.29, 0.717) is 16.9 Å². The summed E-state index contributed by atoms with van der Waals surface area (Å²) in [6, 6.07) is 9.17. The van der Waals surface area contributed by atoms with Crippen LogP contribution >= 0.6 is 34.4 Å². The number of thiazole rings is 1. The molecule has 140 valence electrons. The molecule has 0 unspecified atom stereocenters. The summed E-state index contributed by atoms with van der Waals surface area (Å²) < 4.78 is 6.27. The molecule has 0 aliphatic rings. The Morgan fingerprint density at radius 2 is 1.93 bits per heavy atom. The van der Waals surface area contributed by atoms with Crippen LogP contribution in [0.1, 0.15) is 41.7 Å². The third kappa shape index (κ3) is 5.06. The SMILES string of the molecule is Cc1csc(SCc2ccccc2C(=O)OCC(=O)c2cc(C)sc2C)n1. The molecule has 0 fully saturated rings. The van der Waals surface area contributed by atoms with Crippen LogP contribution in [0.25, 0.3) is 0 Å². The number of benzene rings is 1. The largest absolute Gasteiger partial charge is 0.454 e. The number of thiophene rings is 1. The highest BCUT2D eigenvalue weighted by Crippen LogP contribution is 2.27. The molecular weight excluding hydrogens is 398 g/mol. The van der Waals surface area contributed by atoms with Gasteiger partial charge in [0.15, 0.2) is 6.61 Å². The van der Waals surface area contributed by atoms with Crippen molar-refractivity contribution in [3.8, 4) is 0 Å². The molecule has 3 rings (SSSR count). The maximum Gasteiger partial charge on any atom is 0.338 e. The number of ether oxygens (including phenoxy) is 1. The predicted octanol–water partition coefficient (Wildman–Crippen LogP) is 5.46. The van der Waals surface area contributed by atoms with Crippen molar-refractivity contribution >= 4 is 46.2 Å². The highest BCUT2D eigenvalue weighted by atomic mass is 32.2. The van der Waals surface area contributed by atoms with E-state index in [1.807, 2.05) is 44.4 Å². The first-order chi connectivity index (χ1) is 12.9. The van der Waals surface area contributed by atoms with Crippen LogP contribution < -0.4 is 0 Å². The fraction of sp³-hybridized carbons (Fsp3) is 0.250. The van der Waals surface area contributed by atoms with E-state index in [9.17, 15) is 9.59 Å². The summed E-state index contributed by atoms with van der Waals surface area (Å²) in [5.74, 6) is -0.0237. The van der Waals surface area contributed by atoms with Crippen molar-refractivity contribution in [2.24, 2.45) is 0 Å². The normalized spacial score (nSPS) is 10.8. The van der Waals surface area contributed by atoms with Gasteiger partial charge in [0.05, 0.1) is 5.56 Å². The van der Waals surface area contributed by atoms with Crippen molar-refractivity contribution in [1.29, 1.82) is 0 Å². The number of nitrogens with zero attached hydrogens (tertiary/aromatic N) is 1. The second kappa shape index (κ2) is 8.82. The zero-order chi connectivity index (χ0) is 19.4. The molecule has 0 aliphatic carbocycles. The molecule has 0 amide bonds. The second-order valence-corrected chi connectivity index (χ2v) is 9.57. The Balaban J connectivity index is 1.64. The number of esters is 1. The van der Waals surface area contributed by atoms with Gasteiger partial charge in [-0.25, -0.2) is 9.78 Å². The zero-order valence-corrected chi connectivity index (χ0v) is 17.7. The van der Waals surface area contributed by atoms with E-state index in [2.05, 4.69) is 4.98 Å². The van der Waals surface area contributed by atoms with Crippen molar-refractivity contribution in [2.75, 3.05) is 6.61 Å². The molecule has 4 nitrogen and oxygen atoms in total. The molecule has 1 aromatic carbocycles. The van der Waals surface area contributed by atoms with Gasteiger partial charge in [0.25, 0.3) is 0 Å². The lowest BCUT2D eigenvalue weighted by Crippen LogP contribution is -2.15. The van der Waals surface area contributed by atoms with Crippen LogP contribution in [0.3, 0.4) is 0 Å². The average Bonchev–Trinajstić information content (AvgIpc) is 3.22. The Bertz CT molecular complexity index is 975. The van der Waals surface area contributed by atoms with E-state index < -0.39 is 5.97 Å². The molecule has 0 bridgehead atoms. The minimum atomic E-state index is -0.473. The molecule has 27 heavy (non-hydrogen) atoms. The summed E-state index contributed by atoms with van der Waals surface area (Å²) in [5, 5.41) is 2.00. The second-order valence-electron chi connectivity index (χ2n) is 6.03. The molecule has 0 saturated heterocycles. The summed E-state index contributed by atoms with van der Waals surface area (Å²) in [5.41, 5.74) is 2.99. The first kappa shape index (κ1) is 19.8. The van der Waals surface area contributed by atoms with E-state index in [0.717, 1.165) is 25.4 Å². The number of ketones is 1. The van der Waals surface area contributed by atoms with Gasteiger partial charge >= 0.3 is 5.97 Å². The van der Waals surface area contributed by atoms with Crippen molar-refractivity contribution < 1.29 is 14.3 Å². The van der Waals surface area contributed by atoms with Gasteiger partial charge in [0.1, 0.15) is 4.34 Å². The van der Waals surface area contributed by atoms with Crippen molar-refractivity contribution in [1.82, 2.24) is 4.98 Å². The summed E-state index contributed by atoms with van der Waals surface area (Å²) in [6.45, 7) is 5.57. The van der Waals surface area contributed by atoms with Crippen LogP contribution in [0, 0.1) is 20.8 Å². The van der Waals surface area contributed by atoms with Gasteiger partial charge in [-0.1, -0.05) is 30.0 Å². The van der Waals surface area contributed by atoms with Crippen LogP contribution in [0.4, 0.5) is 0 Å². The number of Topliss-reactive ketones (excluding diaryl/α,β-unsaturated/α-hetero) is 1. The molecule has 3 aromatic rings. The minimum Gasteiger partial charge on any atom is -0.454 e. The summed E-state index contributed by atoms with van der Waals surface area (Å²) in [4.78, 5) is 31.3. The third-order valence-corrected chi connectivity index (χ3v) is 7.02. The van der Waals surface area contributed by atoms with Gasteiger partial charge < -0.3 is 4.74 Å². The Morgan fingerprint density at radius 1 is 1.15 bits per heavy atom. The molecule has 0 N–H and O–H groups in total. The fourth-order valence-electron chi connectivity index (χ4n) is 2.58. The van der Waals surface area contributed by atoms with E-state index in [4.69, 9.17) is 4.74 Å². The Kier molecular flexibility index (Phi) is 6.46. The molecule has 0 atom stereocenters. The smallest absolute Gasteiger partial charge is 0.338 e. The van der Waals surface area contributed by atoms with Crippen molar-refractivity contribution in [2.45, 2.75) is 30.9 Å². The fourth-order valence-corrected chi connectivity index (χ4v) is 5.37. The Hall–Kier alpha value is -1.96. The molecule has 0 aliphatic heterocycles. The van der Waals surface area contributed by atoms with Gasteiger partial charge in [0.2, 0.25) is 5.78 Å². The maximum absolute atomic E-state index is 12.5. The Morgan fingerprint density at radius 3 is 2.59 bits per heavy atom. The maximum atomic E-state index is 12.5. The van der Waals surface area contributed by atoms with Crippen molar-refractivity contribution in [3.05, 3.63) is 67.9 Å². The first-order valence-corrected chi connectivity index (χ1v) is 11.0. The minimum absolute atomic E-state index is 0.171. The summed E-state index contributed by atoms with van der Waals surface area (Å²) in [7, 11) is 0. The first-order valence-electron chi connectivity index (χ1n) is 8.34. The van der Waals surface area contributed by atoms with Crippen LogP contribution in [-0.4, -0.2) is 23.3 Å². The summed E-state index contributed by atoms with van der Waals surface area (Å²) >= 11 is 4.74. The highest BCUT2D eigenvalue weighted by molar-refractivity contribution is 8.00. The predicted molar refractivity (Wildman–Crippen MR) is 111 cm³/mol. The average molecular weight is 418 g/mol. The highest BCUT2D eigenvalue weighted by Gasteiger charge is 2.17. The van der Waals surface area contributed by atoms with Gasteiger partial charge in [-0.15, -0.1) is 22.7 Å². The number of rotatable bonds is 7. The van der Waals surface area contributed by atoms with E-state index in [1.165, 1.54) is 0 Å². The van der Waals surface area contributed by atoms with Gasteiger partial charge in [-0.05, 0) is 38.5 Å². The van der Waals surface area contributed by atoms with E-state index in [1.54, 1.807) is 46.6 Å². The molecule has 0 radical (unpaired) electrons. The third-order valence-electron chi connectivity index (χ3n) is 3.86. The lowest BCUT2D eigenvalue weighted by Gasteiger charge is -2.08. The number of hydrogen-bond acceptors (Lipinski definition) is 7. The van der Waals surface area contributed by atoms with Crippen LogP contribution in [0.15, 0.2) is 40.1 Å². The number of aromatic nitrogens is 1. The molecule has 2 aromatic heterocycles. The molecular formula is C20H19NO3S3. The zero-order valence-electron chi connectivity index (χ0n) is 15.3. The number of aryl methyl sites for hydroxylation is 3. The molecule has 0 saturated carbocycles. The molecule has 7 heteroatoms. The topological polar surface area (TPSA) is 56.3 Å². The van der Waals surface area contributed by atoms with Crippen LogP contribution in [-0.2, 0) is 10.5 Å². The van der Waals surface area contributed by atoms with E-state index >= 15 is 0 Å². The molecule has 0 spiro atoms.